The van der Waals surface area contributed by atoms with Crippen molar-refractivity contribution >= 4 is 23.3 Å². The number of aromatic nitrogens is 3. The third kappa shape index (κ3) is 3.37. The van der Waals surface area contributed by atoms with Crippen LogP contribution in [-0.2, 0) is 4.79 Å². The second kappa shape index (κ2) is 6.18. The molecular formula is C16H13ClN4O2. The summed E-state index contributed by atoms with van der Waals surface area (Å²) in [6, 6.07) is 8.66. The number of rotatable bonds is 3. The van der Waals surface area contributed by atoms with Gasteiger partial charge in [-0.2, -0.15) is 0 Å². The Bertz CT molecular complexity index is 876. The number of anilines is 1. The number of furan rings is 1. The molecule has 0 saturated carbocycles. The van der Waals surface area contributed by atoms with Crippen molar-refractivity contribution in [3.8, 4) is 23.0 Å². The minimum atomic E-state index is -0.233. The first kappa shape index (κ1) is 15.2. The number of amides is 1. The third-order valence-corrected chi connectivity index (χ3v) is 3.30. The van der Waals surface area contributed by atoms with Crippen LogP contribution in [0.25, 0.3) is 23.0 Å². The Hall–Kier alpha value is -2.73. The molecule has 3 rings (SSSR count). The molecule has 1 N–H and O–H groups in total. The predicted octanol–water partition coefficient (Wildman–Crippen LogP) is 3.72. The highest BCUT2D eigenvalue weighted by Gasteiger charge is 2.14. The molecule has 0 aliphatic heterocycles. The average Bonchev–Trinajstić information content (AvgIpc) is 2.93. The van der Waals surface area contributed by atoms with Crippen LogP contribution in [0.4, 0.5) is 5.82 Å². The first-order chi connectivity index (χ1) is 11.0. The molecule has 0 spiro atoms. The van der Waals surface area contributed by atoms with Gasteiger partial charge in [0, 0.05) is 19.2 Å². The fourth-order valence-electron chi connectivity index (χ4n) is 2.05. The van der Waals surface area contributed by atoms with Crippen molar-refractivity contribution in [2.75, 3.05) is 5.32 Å². The lowest BCUT2D eigenvalue weighted by Crippen LogP contribution is -2.09. The lowest BCUT2D eigenvalue weighted by molar-refractivity contribution is -0.114. The number of nitrogens with zero attached hydrogens (tertiary/aromatic N) is 3. The summed E-state index contributed by atoms with van der Waals surface area (Å²) in [6.45, 7) is 3.24. The molecule has 6 nitrogen and oxygen atoms in total. The number of nitrogens with one attached hydrogen (secondary N) is 1. The highest BCUT2D eigenvalue weighted by Crippen LogP contribution is 2.28. The number of pyridine rings is 1. The number of aryl methyl sites for hydroxylation is 1. The van der Waals surface area contributed by atoms with Gasteiger partial charge >= 0.3 is 0 Å². The minimum Gasteiger partial charge on any atom is -0.458 e. The van der Waals surface area contributed by atoms with Gasteiger partial charge in [0.2, 0.25) is 5.91 Å². The average molecular weight is 329 g/mol. The molecule has 3 aromatic heterocycles. The summed E-state index contributed by atoms with van der Waals surface area (Å²) in [5, 5.41) is 3.11. The predicted molar refractivity (Wildman–Crippen MR) is 87.0 cm³/mol. The first-order valence-electron chi connectivity index (χ1n) is 6.87. The summed E-state index contributed by atoms with van der Waals surface area (Å²) in [6.07, 6.45) is 1.62. The molecule has 0 aliphatic rings. The Morgan fingerprint density at radius 1 is 1.26 bits per heavy atom. The van der Waals surface area contributed by atoms with E-state index in [1.165, 1.54) is 6.92 Å². The lowest BCUT2D eigenvalue weighted by Gasteiger charge is -2.08. The van der Waals surface area contributed by atoms with Gasteiger partial charge in [-0.3, -0.25) is 9.78 Å². The van der Waals surface area contributed by atoms with Gasteiger partial charge in [-0.05, 0) is 31.2 Å². The van der Waals surface area contributed by atoms with Crippen LogP contribution in [0.5, 0.6) is 0 Å². The molecule has 0 saturated heterocycles. The van der Waals surface area contributed by atoms with E-state index >= 15 is 0 Å². The SMILES string of the molecule is CC(=O)Nc1cc(-c2ncccc2Cl)nc(-c2ccc(C)o2)n1. The fraction of sp³-hybridized carbons (Fsp3) is 0.125. The Labute approximate surface area is 137 Å². The summed E-state index contributed by atoms with van der Waals surface area (Å²) in [4.78, 5) is 24.3. The zero-order valence-electron chi connectivity index (χ0n) is 12.5. The van der Waals surface area contributed by atoms with Crippen LogP contribution < -0.4 is 5.32 Å². The maximum Gasteiger partial charge on any atom is 0.222 e. The molecule has 7 heteroatoms. The van der Waals surface area contributed by atoms with E-state index in [0.717, 1.165) is 5.76 Å². The van der Waals surface area contributed by atoms with E-state index in [0.29, 0.717) is 33.8 Å². The second-order valence-electron chi connectivity index (χ2n) is 4.89. The molecule has 3 aromatic rings. The molecule has 23 heavy (non-hydrogen) atoms. The lowest BCUT2D eigenvalue weighted by atomic mass is 10.2. The summed E-state index contributed by atoms with van der Waals surface area (Å²) in [5.41, 5.74) is 1.01. The smallest absolute Gasteiger partial charge is 0.222 e. The van der Waals surface area contributed by atoms with Crippen LogP contribution in [-0.4, -0.2) is 20.9 Å². The van der Waals surface area contributed by atoms with Crippen molar-refractivity contribution in [2.45, 2.75) is 13.8 Å². The fourth-order valence-corrected chi connectivity index (χ4v) is 2.27. The molecule has 3 heterocycles. The van der Waals surface area contributed by atoms with E-state index in [1.807, 2.05) is 13.0 Å². The Kier molecular flexibility index (Phi) is 4.08. The molecule has 116 valence electrons. The quantitative estimate of drug-likeness (QED) is 0.792. The van der Waals surface area contributed by atoms with E-state index in [-0.39, 0.29) is 5.91 Å². The van der Waals surface area contributed by atoms with Crippen molar-refractivity contribution in [1.29, 1.82) is 0 Å². The van der Waals surface area contributed by atoms with Crippen LogP contribution in [0.2, 0.25) is 5.02 Å². The molecule has 0 aliphatic carbocycles. The van der Waals surface area contributed by atoms with Gasteiger partial charge in [-0.15, -0.1) is 0 Å². The molecule has 0 atom stereocenters. The third-order valence-electron chi connectivity index (χ3n) is 2.99. The van der Waals surface area contributed by atoms with E-state index in [2.05, 4.69) is 20.3 Å². The molecule has 0 bridgehead atoms. The number of hydrogen-bond acceptors (Lipinski definition) is 5. The zero-order valence-corrected chi connectivity index (χ0v) is 13.3. The molecule has 0 unspecified atom stereocenters. The molecule has 0 aromatic carbocycles. The van der Waals surface area contributed by atoms with Gasteiger partial charge in [0.05, 0.1) is 10.7 Å². The molecule has 0 fully saturated rings. The molecule has 1 amide bonds. The van der Waals surface area contributed by atoms with E-state index in [1.54, 1.807) is 30.5 Å². The van der Waals surface area contributed by atoms with Crippen molar-refractivity contribution < 1.29 is 9.21 Å². The maximum atomic E-state index is 11.3. The zero-order chi connectivity index (χ0) is 16.4. The van der Waals surface area contributed by atoms with Gasteiger partial charge < -0.3 is 9.73 Å². The van der Waals surface area contributed by atoms with Crippen LogP contribution in [0.3, 0.4) is 0 Å². The van der Waals surface area contributed by atoms with Crippen molar-refractivity contribution in [3.05, 3.63) is 47.3 Å². The maximum absolute atomic E-state index is 11.3. The minimum absolute atomic E-state index is 0.233. The standard InChI is InChI=1S/C16H13ClN4O2/c1-9-5-6-13(23-9)16-20-12(8-14(21-16)19-10(2)22)15-11(17)4-3-7-18-15/h3-8H,1-2H3,(H,19,20,21,22). The Balaban J connectivity index is 2.15. The van der Waals surface area contributed by atoms with Crippen LogP contribution >= 0.6 is 11.6 Å². The molecule has 0 radical (unpaired) electrons. The van der Waals surface area contributed by atoms with Crippen molar-refractivity contribution in [3.63, 3.8) is 0 Å². The van der Waals surface area contributed by atoms with Crippen LogP contribution in [0.15, 0.2) is 40.9 Å². The number of hydrogen-bond donors (Lipinski definition) is 1. The summed E-state index contributed by atoms with van der Waals surface area (Å²) >= 11 is 6.19. The van der Waals surface area contributed by atoms with Gasteiger partial charge in [0.15, 0.2) is 11.6 Å². The number of halogens is 1. The topological polar surface area (TPSA) is 80.9 Å². The number of carbonyl (C=O) groups is 1. The van der Waals surface area contributed by atoms with E-state index in [4.69, 9.17) is 16.0 Å². The molecular weight excluding hydrogens is 316 g/mol. The van der Waals surface area contributed by atoms with Crippen LogP contribution in [0, 0.1) is 6.92 Å². The normalized spacial score (nSPS) is 10.6. The van der Waals surface area contributed by atoms with E-state index in [9.17, 15) is 4.79 Å². The van der Waals surface area contributed by atoms with Crippen molar-refractivity contribution in [2.24, 2.45) is 0 Å². The van der Waals surface area contributed by atoms with Gasteiger partial charge in [-0.25, -0.2) is 9.97 Å². The summed E-state index contributed by atoms with van der Waals surface area (Å²) in [7, 11) is 0. The second-order valence-corrected chi connectivity index (χ2v) is 5.29. The van der Waals surface area contributed by atoms with Gasteiger partial charge in [0.25, 0.3) is 0 Å². The number of carbonyl (C=O) groups excluding carboxylic acids is 1. The van der Waals surface area contributed by atoms with E-state index < -0.39 is 0 Å². The Morgan fingerprint density at radius 3 is 2.74 bits per heavy atom. The highest BCUT2D eigenvalue weighted by atomic mass is 35.5. The summed E-state index contributed by atoms with van der Waals surface area (Å²) in [5.74, 6) is 1.71. The largest absolute Gasteiger partial charge is 0.458 e. The van der Waals surface area contributed by atoms with Gasteiger partial charge in [0.1, 0.15) is 17.3 Å². The first-order valence-corrected chi connectivity index (χ1v) is 7.25. The van der Waals surface area contributed by atoms with Gasteiger partial charge in [-0.1, -0.05) is 11.6 Å². The monoisotopic (exact) mass is 328 g/mol. The highest BCUT2D eigenvalue weighted by molar-refractivity contribution is 6.32. The Morgan fingerprint density at radius 2 is 2.09 bits per heavy atom. The summed E-state index contributed by atoms with van der Waals surface area (Å²) < 4.78 is 5.56. The van der Waals surface area contributed by atoms with Crippen molar-refractivity contribution in [1.82, 2.24) is 15.0 Å². The van der Waals surface area contributed by atoms with Crippen LogP contribution in [0.1, 0.15) is 12.7 Å².